The normalized spacial score (nSPS) is 22.6. The van der Waals surface area contributed by atoms with Crippen molar-refractivity contribution < 1.29 is 0 Å². The number of rotatable bonds is 4. The molecule has 1 N–H and O–H groups in total. The Bertz CT molecular complexity index is 2760. The maximum Gasteiger partial charge on any atom is 0.197 e. The molecule has 0 saturated heterocycles. The molecule has 1 fully saturated rings. The van der Waals surface area contributed by atoms with Gasteiger partial charge in [0.05, 0.1) is 22.3 Å². The Labute approximate surface area is 333 Å². The van der Waals surface area contributed by atoms with Crippen LogP contribution in [-0.4, -0.2) is 17.4 Å². The molecular formula is C52H51BN3. The summed E-state index contributed by atoms with van der Waals surface area (Å²) in [6, 6.07) is 45.8. The molecule has 3 nitrogen and oxygen atoms in total. The van der Waals surface area contributed by atoms with Gasteiger partial charge in [-0.25, -0.2) is 0 Å². The van der Waals surface area contributed by atoms with E-state index in [2.05, 4.69) is 185 Å². The van der Waals surface area contributed by atoms with Crippen LogP contribution in [0.4, 0.5) is 22.7 Å². The fourth-order valence-electron chi connectivity index (χ4n) is 11.6. The third kappa shape index (κ3) is 4.53. The molecule has 11 rings (SSSR count). The average molecular weight is 729 g/mol. The van der Waals surface area contributed by atoms with Crippen LogP contribution in [0.3, 0.4) is 0 Å². The van der Waals surface area contributed by atoms with Gasteiger partial charge < -0.3 is 14.8 Å². The molecule has 6 aromatic carbocycles. The molecule has 0 amide bonds. The topological polar surface area (TPSA) is 20.2 Å². The summed E-state index contributed by atoms with van der Waals surface area (Å²) in [6.07, 6.45) is 7.26. The van der Waals surface area contributed by atoms with Crippen molar-refractivity contribution in [2.75, 3.05) is 10.2 Å². The fraction of sp³-hybridized carbons (Fsp3) is 0.308. The summed E-state index contributed by atoms with van der Waals surface area (Å²) in [4.78, 5) is 2.83. The summed E-state index contributed by atoms with van der Waals surface area (Å²) in [5.74, 6) is 0. The van der Waals surface area contributed by atoms with E-state index in [9.17, 15) is 0 Å². The third-order valence-electron chi connectivity index (χ3n) is 15.0. The molecule has 56 heavy (non-hydrogen) atoms. The van der Waals surface area contributed by atoms with Crippen LogP contribution in [0.2, 0.25) is 0 Å². The quantitative estimate of drug-likeness (QED) is 0.182. The SMILES string of the molecule is CC1(C)CCC(C)(C)c2cc3c(cc21)c1c(N2c4ccccc4C4(C)CCCCC24C)cc(-c2ccccc2Nc2ccccc2)c2c1n3-c1ccccc1[B]2. The van der Waals surface area contributed by atoms with Crippen LogP contribution in [0.25, 0.3) is 38.6 Å². The molecule has 2 aliphatic carbocycles. The van der Waals surface area contributed by atoms with Crippen molar-refractivity contribution in [2.45, 2.75) is 102 Å². The largest absolute Gasteiger partial charge is 0.355 e. The standard InChI is InChI=1S/C52H51BN3/c1-49(2)28-29-50(3,4)39-32-44-36(30-38(39)49)46-45(56-42-24-14-11-21-37(42)51(5)26-16-17-27-52(51,56)6)31-35(47-48(46)55(44)43-25-15-12-22-40(43)53-47)34-20-10-13-23-41(34)54-33-18-8-7-9-19-33/h7-15,18-25,30-32,54H,16-17,26-29H2,1-6H3. The minimum Gasteiger partial charge on any atom is -0.355 e. The fourth-order valence-corrected chi connectivity index (χ4v) is 11.6. The Balaban J connectivity index is 1.32. The highest BCUT2D eigenvalue weighted by atomic mass is 15.3. The Hall–Kier alpha value is -5.22. The van der Waals surface area contributed by atoms with Crippen LogP contribution in [0.5, 0.6) is 0 Å². The second-order valence-corrected chi connectivity index (χ2v) is 19.0. The number of hydrogen-bond acceptors (Lipinski definition) is 2. The van der Waals surface area contributed by atoms with Gasteiger partial charge in [-0.1, -0.05) is 126 Å². The number of anilines is 4. The molecule has 4 aliphatic rings. The number of aromatic nitrogens is 1. The number of benzene rings is 6. The molecule has 7 aromatic rings. The van der Waals surface area contributed by atoms with Gasteiger partial charge in [0.15, 0.2) is 7.28 Å². The van der Waals surface area contributed by atoms with Crippen molar-refractivity contribution in [3.63, 3.8) is 0 Å². The highest BCUT2D eigenvalue weighted by Gasteiger charge is 2.58. The highest BCUT2D eigenvalue weighted by Crippen LogP contribution is 2.62. The minimum atomic E-state index is -0.0852. The van der Waals surface area contributed by atoms with Crippen LogP contribution < -0.4 is 21.1 Å². The summed E-state index contributed by atoms with van der Waals surface area (Å²) in [5.41, 5.74) is 18.5. The van der Waals surface area contributed by atoms with Gasteiger partial charge in [-0.05, 0) is 120 Å². The number of para-hydroxylation sites is 4. The summed E-state index contributed by atoms with van der Waals surface area (Å²) >= 11 is 0. The van der Waals surface area contributed by atoms with Gasteiger partial charge in [0.25, 0.3) is 0 Å². The average Bonchev–Trinajstić information content (AvgIpc) is 3.65. The first kappa shape index (κ1) is 34.1. The molecule has 277 valence electrons. The summed E-state index contributed by atoms with van der Waals surface area (Å²) < 4.78 is 2.65. The monoisotopic (exact) mass is 728 g/mol. The van der Waals surface area contributed by atoms with Crippen molar-refractivity contribution in [3.05, 3.63) is 138 Å². The lowest BCUT2D eigenvalue weighted by molar-refractivity contribution is 0.195. The van der Waals surface area contributed by atoms with E-state index in [0.29, 0.717) is 0 Å². The smallest absolute Gasteiger partial charge is 0.197 e. The molecule has 0 spiro atoms. The lowest BCUT2D eigenvalue weighted by Gasteiger charge is -2.50. The van der Waals surface area contributed by atoms with E-state index in [1.165, 1.54) is 110 Å². The molecule has 3 heterocycles. The number of fused-ring (bicyclic) bond motifs is 9. The molecule has 2 aliphatic heterocycles. The van der Waals surface area contributed by atoms with Gasteiger partial charge in [-0.3, -0.25) is 0 Å². The Morgan fingerprint density at radius 3 is 2.04 bits per heavy atom. The van der Waals surface area contributed by atoms with Crippen LogP contribution in [0.15, 0.2) is 121 Å². The lowest BCUT2D eigenvalue weighted by Crippen LogP contribution is -2.54. The summed E-state index contributed by atoms with van der Waals surface area (Å²) in [6.45, 7) is 15.0. The highest BCUT2D eigenvalue weighted by molar-refractivity contribution is 6.73. The molecular weight excluding hydrogens is 677 g/mol. The van der Waals surface area contributed by atoms with Gasteiger partial charge in [-0.2, -0.15) is 0 Å². The molecule has 2 atom stereocenters. The zero-order valence-corrected chi connectivity index (χ0v) is 33.8. The Kier molecular flexibility index (Phi) is 7.10. The zero-order chi connectivity index (χ0) is 38.2. The molecule has 1 saturated carbocycles. The maximum absolute atomic E-state index is 3.83. The van der Waals surface area contributed by atoms with E-state index in [1.54, 1.807) is 0 Å². The van der Waals surface area contributed by atoms with Crippen molar-refractivity contribution in [3.8, 4) is 16.8 Å². The number of hydrogen-bond donors (Lipinski definition) is 1. The molecule has 0 bridgehead atoms. The maximum atomic E-state index is 3.83. The number of nitrogens with zero attached hydrogens (tertiary/aromatic N) is 2. The summed E-state index contributed by atoms with van der Waals surface area (Å²) in [7, 11) is 2.48. The summed E-state index contributed by atoms with van der Waals surface area (Å²) in [5, 5.41) is 6.59. The van der Waals surface area contributed by atoms with Gasteiger partial charge in [0, 0.05) is 44.5 Å². The minimum absolute atomic E-state index is 0.0408. The van der Waals surface area contributed by atoms with E-state index >= 15 is 0 Å². The van der Waals surface area contributed by atoms with Crippen molar-refractivity contribution in [2.24, 2.45) is 0 Å². The van der Waals surface area contributed by atoms with Gasteiger partial charge >= 0.3 is 0 Å². The van der Waals surface area contributed by atoms with Gasteiger partial charge in [0.1, 0.15) is 0 Å². The molecule has 4 heteroatoms. The van der Waals surface area contributed by atoms with E-state index in [-0.39, 0.29) is 21.8 Å². The van der Waals surface area contributed by atoms with Crippen LogP contribution in [0.1, 0.15) is 96.8 Å². The number of nitrogens with one attached hydrogen (secondary N) is 1. The van der Waals surface area contributed by atoms with Gasteiger partial charge in [0.2, 0.25) is 0 Å². The van der Waals surface area contributed by atoms with Crippen LogP contribution >= 0.6 is 0 Å². The van der Waals surface area contributed by atoms with Gasteiger partial charge in [-0.15, -0.1) is 0 Å². The predicted octanol–water partition coefficient (Wildman–Crippen LogP) is 12.3. The first-order valence-electron chi connectivity index (χ1n) is 21.0. The first-order chi connectivity index (χ1) is 27.0. The molecule has 1 radical (unpaired) electrons. The zero-order valence-electron chi connectivity index (χ0n) is 33.8. The van der Waals surface area contributed by atoms with Crippen LogP contribution in [-0.2, 0) is 16.2 Å². The lowest BCUT2D eigenvalue weighted by atomic mass is 9.58. The second-order valence-electron chi connectivity index (χ2n) is 19.0. The van der Waals surface area contributed by atoms with E-state index < -0.39 is 0 Å². The van der Waals surface area contributed by atoms with E-state index in [1.807, 2.05) is 0 Å². The van der Waals surface area contributed by atoms with E-state index in [0.717, 1.165) is 17.8 Å². The Morgan fingerprint density at radius 2 is 1.23 bits per heavy atom. The van der Waals surface area contributed by atoms with Crippen molar-refractivity contribution in [1.29, 1.82) is 0 Å². The first-order valence-corrected chi connectivity index (χ1v) is 21.0. The van der Waals surface area contributed by atoms with Crippen molar-refractivity contribution >= 4 is 62.8 Å². The molecule has 1 aromatic heterocycles. The van der Waals surface area contributed by atoms with Crippen LogP contribution in [0, 0.1) is 0 Å². The van der Waals surface area contributed by atoms with E-state index in [4.69, 9.17) is 0 Å². The third-order valence-corrected chi connectivity index (χ3v) is 15.0. The Morgan fingerprint density at radius 1 is 0.571 bits per heavy atom. The van der Waals surface area contributed by atoms with Crippen molar-refractivity contribution in [1.82, 2.24) is 4.57 Å². The second kappa shape index (κ2) is 11.7. The predicted molar refractivity (Wildman–Crippen MR) is 239 cm³/mol. The molecule has 2 unspecified atom stereocenters.